The van der Waals surface area contributed by atoms with Crippen LogP contribution in [0.2, 0.25) is 0 Å². The van der Waals surface area contributed by atoms with E-state index < -0.39 is 34.6 Å². The summed E-state index contributed by atoms with van der Waals surface area (Å²) in [6.45, 7) is 0. The normalized spacial score (nSPS) is 30.9. The third-order valence-corrected chi connectivity index (χ3v) is 3.51. The molecule has 4 unspecified atom stereocenters. The summed E-state index contributed by atoms with van der Waals surface area (Å²) in [5, 5.41) is 18.2. The maximum Gasteiger partial charge on any atom is 0.397 e. The minimum Gasteiger partial charge on any atom is -0.480 e. The first kappa shape index (κ1) is 15.3. The molecule has 0 spiro atoms. The molecule has 1 saturated carbocycles. The third kappa shape index (κ3) is 4.86. The average molecular weight is 283 g/mol. The van der Waals surface area contributed by atoms with Crippen LogP contribution in [0.5, 0.6) is 0 Å². The number of rotatable bonds is 5. The first-order valence-electron chi connectivity index (χ1n) is 5.51. The summed E-state index contributed by atoms with van der Waals surface area (Å²) < 4.78 is 34.1. The molecule has 8 nitrogen and oxygen atoms in total. The Kier molecular flexibility index (Phi) is 5.05. The van der Waals surface area contributed by atoms with E-state index >= 15 is 0 Å². The van der Waals surface area contributed by atoms with E-state index in [0.29, 0.717) is 6.42 Å². The molecule has 1 aliphatic rings. The fourth-order valence-corrected chi connectivity index (χ4v) is 2.65. The molecule has 5 N–H and O–H groups in total. The Morgan fingerprint density at radius 2 is 2.06 bits per heavy atom. The average Bonchev–Trinajstić information content (AvgIpc) is 2.20. The Balaban J connectivity index is 2.58. The molecule has 9 heteroatoms. The van der Waals surface area contributed by atoms with Gasteiger partial charge in [0.05, 0.1) is 6.10 Å². The highest BCUT2D eigenvalue weighted by atomic mass is 32.3. The number of aliphatic hydroxyl groups excluding tert-OH is 1. The van der Waals surface area contributed by atoms with Gasteiger partial charge in [0.1, 0.15) is 12.1 Å². The van der Waals surface area contributed by atoms with E-state index in [1.807, 2.05) is 0 Å². The van der Waals surface area contributed by atoms with E-state index in [2.05, 4.69) is 4.18 Å². The second-order valence-electron chi connectivity index (χ2n) is 4.49. The molecule has 1 rings (SSSR count). The van der Waals surface area contributed by atoms with Crippen molar-refractivity contribution in [2.24, 2.45) is 11.7 Å². The number of carbonyl (C=O) groups is 1. The number of aliphatic carboxylic acids is 1. The van der Waals surface area contributed by atoms with Crippen LogP contribution in [0, 0.1) is 5.92 Å². The van der Waals surface area contributed by atoms with Gasteiger partial charge in [-0.25, -0.2) is 4.18 Å². The topological polar surface area (TPSA) is 147 Å². The van der Waals surface area contributed by atoms with Crippen LogP contribution in [0.15, 0.2) is 0 Å². The van der Waals surface area contributed by atoms with Gasteiger partial charge in [-0.15, -0.1) is 0 Å². The molecule has 0 radical (unpaired) electrons. The second kappa shape index (κ2) is 5.93. The van der Waals surface area contributed by atoms with Gasteiger partial charge >= 0.3 is 16.4 Å². The Morgan fingerprint density at radius 3 is 2.56 bits per heavy atom. The quantitative estimate of drug-likeness (QED) is 0.476. The maximum absolute atomic E-state index is 10.6. The van der Waals surface area contributed by atoms with Crippen LogP contribution in [0.3, 0.4) is 0 Å². The van der Waals surface area contributed by atoms with Gasteiger partial charge in [0, 0.05) is 0 Å². The zero-order valence-electron chi connectivity index (χ0n) is 9.60. The fourth-order valence-electron chi connectivity index (χ4n) is 2.13. The highest BCUT2D eigenvalue weighted by molar-refractivity contribution is 7.80. The molecule has 0 aromatic carbocycles. The lowest BCUT2D eigenvalue weighted by Gasteiger charge is -2.32. The molecular weight excluding hydrogens is 266 g/mol. The zero-order chi connectivity index (χ0) is 13.9. The van der Waals surface area contributed by atoms with E-state index in [1.54, 1.807) is 0 Å². The predicted octanol–water partition coefficient (Wildman–Crippen LogP) is -0.863. The van der Waals surface area contributed by atoms with Crippen molar-refractivity contribution in [3.63, 3.8) is 0 Å². The van der Waals surface area contributed by atoms with Crippen LogP contribution < -0.4 is 5.73 Å². The van der Waals surface area contributed by atoms with Crippen molar-refractivity contribution in [2.45, 2.75) is 43.9 Å². The summed E-state index contributed by atoms with van der Waals surface area (Å²) in [6, 6.07) is -1.03. The number of carboxylic acids is 1. The molecule has 18 heavy (non-hydrogen) atoms. The zero-order valence-corrected chi connectivity index (χ0v) is 10.4. The summed E-state index contributed by atoms with van der Waals surface area (Å²) in [6.07, 6.45) is -0.927. The van der Waals surface area contributed by atoms with Gasteiger partial charge in [-0.1, -0.05) is 0 Å². The van der Waals surface area contributed by atoms with E-state index in [9.17, 15) is 18.3 Å². The molecule has 0 amide bonds. The third-order valence-electron chi connectivity index (χ3n) is 3.02. The standard InChI is InChI=1S/C9H17NO7S/c10-6(9(12)13)3-5-1-2-7(11)8(4-5)17-18(14,15)16/h5-8,11H,1-4,10H2,(H,12,13)(H,14,15,16). The van der Waals surface area contributed by atoms with Gasteiger partial charge in [0.2, 0.25) is 0 Å². The van der Waals surface area contributed by atoms with Gasteiger partial charge in [-0.2, -0.15) is 8.42 Å². The molecule has 4 atom stereocenters. The van der Waals surface area contributed by atoms with E-state index in [-0.39, 0.29) is 25.2 Å². The summed E-state index contributed by atoms with van der Waals surface area (Å²) in [5.41, 5.74) is 5.38. The van der Waals surface area contributed by atoms with Gasteiger partial charge in [-0.3, -0.25) is 9.35 Å². The van der Waals surface area contributed by atoms with Crippen LogP contribution in [0.1, 0.15) is 25.7 Å². The Labute approximate surface area is 105 Å². The van der Waals surface area contributed by atoms with Crippen LogP contribution >= 0.6 is 0 Å². The smallest absolute Gasteiger partial charge is 0.397 e. The first-order valence-corrected chi connectivity index (χ1v) is 6.87. The van der Waals surface area contributed by atoms with Crippen LogP contribution in [0.25, 0.3) is 0 Å². The van der Waals surface area contributed by atoms with Crippen molar-refractivity contribution in [1.29, 1.82) is 0 Å². The molecular formula is C9H17NO7S. The minimum atomic E-state index is -4.63. The fraction of sp³-hybridized carbons (Fsp3) is 0.889. The number of aliphatic hydroxyl groups is 1. The summed E-state index contributed by atoms with van der Waals surface area (Å²) >= 11 is 0. The van der Waals surface area contributed by atoms with Crippen molar-refractivity contribution >= 4 is 16.4 Å². The summed E-state index contributed by atoms with van der Waals surface area (Å²) in [4.78, 5) is 10.6. The highest BCUT2D eigenvalue weighted by Crippen LogP contribution is 2.30. The van der Waals surface area contributed by atoms with Crippen molar-refractivity contribution < 1.29 is 32.2 Å². The predicted molar refractivity (Wildman–Crippen MR) is 60.0 cm³/mol. The van der Waals surface area contributed by atoms with E-state index in [4.69, 9.17) is 15.4 Å². The lowest BCUT2D eigenvalue weighted by molar-refractivity contribution is -0.139. The monoisotopic (exact) mass is 283 g/mol. The largest absolute Gasteiger partial charge is 0.480 e. The SMILES string of the molecule is NC(CC1CCC(O)C(OS(=O)(=O)O)C1)C(=O)O. The molecule has 0 aromatic heterocycles. The number of carboxylic acid groups (broad SMARTS) is 1. The molecule has 106 valence electrons. The van der Waals surface area contributed by atoms with Crippen molar-refractivity contribution in [2.75, 3.05) is 0 Å². The van der Waals surface area contributed by atoms with E-state index in [0.717, 1.165) is 0 Å². The summed E-state index contributed by atoms with van der Waals surface area (Å²) in [7, 11) is -4.63. The van der Waals surface area contributed by atoms with Crippen LogP contribution in [-0.4, -0.2) is 47.4 Å². The Morgan fingerprint density at radius 1 is 1.44 bits per heavy atom. The highest BCUT2D eigenvalue weighted by Gasteiger charge is 2.34. The second-order valence-corrected chi connectivity index (χ2v) is 5.54. The molecule has 1 fully saturated rings. The first-order chi connectivity index (χ1) is 8.19. The van der Waals surface area contributed by atoms with Crippen molar-refractivity contribution in [3.05, 3.63) is 0 Å². The lowest BCUT2D eigenvalue weighted by Crippen LogP contribution is -2.40. The van der Waals surface area contributed by atoms with E-state index in [1.165, 1.54) is 0 Å². The summed E-state index contributed by atoms with van der Waals surface area (Å²) in [5.74, 6) is -1.29. The molecule has 0 heterocycles. The van der Waals surface area contributed by atoms with Gasteiger partial charge in [-0.05, 0) is 31.6 Å². The van der Waals surface area contributed by atoms with Gasteiger partial charge in [0.15, 0.2) is 0 Å². The van der Waals surface area contributed by atoms with Crippen molar-refractivity contribution in [1.82, 2.24) is 0 Å². The molecule has 1 aliphatic carbocycles. The number of hydrogen-bond acceptors (Lipinski definition) is 6. The Bertz CT molecular complexity index is 396. The van der Waals surface area contributed by atoms with Crippen molar-refractivity contribution in [3.8, 4) is 0 Å². The number of nitrogens with two attached hydrogens (primary N) is 1. The molecule has 0 bridgehead atoms. The maximum atomic E-state index is 10.6. The Hall–Kier alpha value is -0.740. The van der Waals surface area contributed by atoms with Gasteiger partial charge < -0.3 is 15.9 Å². The van der Waals surface area contributed by atoms with Gasteiger partial charge in [0.25, 0.3) is 0 Å². The van der Waals surface area contributed by atoms with Crippen LogP contribution in [0.4, 0.5) is 0 Å². The van der Waals surface area contributed by atoms with Crippen LogP contribution in [-0.2, 0) is 19.4 Å². The molecule has 0 saturated heterocycles. The minimum absolute atomic E-state index is 0.141. The molecule has 0 aliphatic heterocycles. The number of hydrogen-bond donors (Lipinski definition) is 4. The lowest BCUT2D eigenvalue weighted by atomic mass is 9.82. The molecule has 0 aromatic rings.